The molecule has 1 atom stereocenters. The van der Waals surface area contributed by atoms with Crippen molar-refractivity contribution in [2.75, 3.05) is 14.2 Å². The van der Waals surface area contributed by atoms with Crippen molar-refractivity contribution >= 4 is 15.9 Å². The maximum Gasteiger partial charge on any atom is 0.133 e. The van der Waals surface area contributed by atoms with E-state index < -0.39 is 0 Å². The average Bonchev–Trinajstić information content (AvgIpc) is 2.86. The third kappa shape index (κ3) is 3.39. The van der Waals surface area contributed by atoms with E-state index in [4.69, 9.17) is 4.74 Å². The fraction of sp³-hybridized carbons (Fsp3) is 0.333. The lowest BCUT2D eigenvalue weighted by atomic mass is 10.2. The minimum atomic E-state index is 0.379. The smallest absolute Gasteiger partial charge is 0.133 e. The first-order chi connectivity index (χ1) is 9.13. The quantitative estimate of drug-likeness (QED) is 0.910. The molecule has 4 heteroatoms. The van der Waals surface area contributed by atoms with E-state index in [1.807, 2.05) is 13.1 Å². The lowest BCUT2D eigenvalue weighted by Crippen LogP contribution is -2.11. The molecule has 0 fully saturated rings. The highest BCUT2D eigenvalue weighted by Gasteiger charge is 2.06. The van der Waals surface area contributed by atoms with Crippen LogP contribution in [0.25, 0.3) is 0 Å². The number of aromatic nitrogens is 1. The summed E-state index contributed by atoms with van der Waals surface area (Å²) in [5.74, 6) is 0.862. The molecule has 19 heavy (non-hydrogen) atoms. The Balaban J connectivity index is 2.12. The standard InChI is InChI=1S/C15H19BrN2O/c1-11(17-2)13-6-7-18(10-13)9-12-4-5-15(19-3)14(16)8-12/h4-8,10-11,17H,9H2,1-3H3. The van der Waals surface area contributed by atoms with Gasteiger partial charge in [-0.05, 0) is 59.2 Å². The summed E-state index contributed by atoms with van der Waals surface area (Å²) in [6, 6.07) is 8.70. The van der Waals surface area contributed by atoms with Crippen molar-refractivity contribution in [1.82, 2.24) is 9.88 Å². The minimum absolute atomic E-state index is 0.379. The van der Waals surface area contributed by atoms with Crippen molar-refractivity contribution in [2.45, 2.75) is 19.5 Å². The highest BCUT2D eigenvalue weighted by molar-refractivity contribution is 9.10. The van der Waals surface area contributed by atoms with Crippen molar-refractivity contribution in [1.29, 1.82) is 0 Å². The van der Waals surface area contributed by atoms with Gasteiger partial charge in [0.1, 0.15) is 5.75 Å². The number of nitrogens with zero attached hydrogens (tertiary/aromatic N) is 1. The third-order valence-electron chi connectivity index (χ3n) is 3.29. The molecule has 1 aromatic heterocycles. The molecule has 3 nitrogen and oxygen atoms in total. The van der Waals surface area contributed by atoms with Gasteiger partial charge in [0, 0.05) is 25.0 Å². The fourth-order valence-corrected chi connectivity index (χ4v) is 2.59. The topological polar surface area (TPSA) is 26.2 Å². The highest BCUT2D eigenvalue weighted by atomic mass is 79.9. The third-order valence-corrected chi connectivity index (χ3v) is 3.91. The van der Waals surface area contributed by atoms with Gasteiger partial charge in [-0.25, -0.2) is 0 Å². The van der Waals surface area contributed by atoms with Crippen molar-refractivity contribution in [2.24, 2.45) is 0 Å². The second-order valence-corrected chi connectivity index (χ2v) is 5.45. The predicted octanol–water partition coefficient (Wildman–Crippen LogP) is 3.59. The summed E-state index contributed by atoms with van der Waals surface area (Å²) in [4.78, 5) is 0. The Kier molecular flexibility index (Phi) is 4.66. The Labute approximate surface area is 122 Å². The first-order valence-corrected chi connectivity index (χ1v) is 7.08. The molecule has 0 saturated carbocycles. The van der Waals surface area contributed by atoms with Gasteiger partial charge in [-0.15, -0.1) is 0 Å². The van der Waals surface area contributed by atoms with Crippen LogP contribution in [0, 0.1) is 0 Å². The van der Waals surface area contributed by atoms with Gasteiger partial charge in [0.25, 0.3) is 0 Å². The van der Waals surface area contributed by atoms with E-state index in [0.29, 0.717) is 6.04 Å². The summed E-state index contributed by atoms with van der Waals surface area (Å²) >= 11 is 3.52. The SMILES string of the molecule is CNC(C)c1ccn(Cc2ccc(OC)c(Br)c2)c1. The largest absolute Gasteiger partial charge is 0.496 e. The molecule has 1 aromatic carbocycles. The zero-order valence-electron chi connectivity index (χ0n) is 11.5. The van der Waals surface area contributed by atoms with Crippen LogP contribution in [0.3, 0.4) is 0 Å². The molecule has 0 saturated heterocycles. The number of ether oxygens (including phenoxy) is 1. The maximum absolute atomic E-state index is 5.24. The summed E-state index contributed by atoms with van der Waals surface area (Å²) in [5.41, 5.74) is 2.54. The van der Waals surface area contributed by atoms with Crippen LogP contribution < -0.4 is 10.1 Å². The molecule has 1 heterocycles. The van der Waals surface area contributed by atoms with E-state index in [2.05, 4.69) is 63.3 Å². The Morgan fingerprint density at radius 2 is 2.16 bits per heavy atom. The number of halogens is 1. The number of methoxy groups -OCH3 is 1. The van der Waals surface area contributed by atoms with E-state index in [9.17, 15) is 0 Å². The van der Waals surface area contributed by atoms with E-state index in [-0.39, 0.29) is 0 Å². The van der Waals surface area contributed by atoms with Crippen LogP contribution in [0.1, 0.15) is 24.1 Å². The van der Waals surface area contributed by atoms with Gasteiger partial charge in [0.05, 0.1) is 11.6 Å². The lowest BCUT2D eigenvalue weighted by molar-refractivity contribution is 0.412. The molecule has 102 valence electrons. The summed E-state index contributed by atoms with van der Waals surface area (Å²) in [6.45, 7) is 3.02. The molecule has 0 aliphatic carbocycles. The second kappa shape index (κ2) is 6.26. The Hall–Kier alpha value is -1.26. The van der Waals surface area contributed by atoms with Crippen LogP contribution in [0.5, 0.6) is 5.75 Å². The van der Waals surface area contributed by atoms with Crippen LogP contribution in [0.15, 0.2) is 41.1 Å². The molecule has 2 rings (SSSR count). The van der Waals surface area contributed by atoms with Gasteiger partial charge in [-0.2, -0.15) is 0 Å². The summed E-state index contributed by atoms with van der Waals surface area (Å²) < 4.78 is 8.42. The fourth-order valence-electron chi connectivity index (χ4n) is 2.00. The van der Waals surface area contributed by atoms with Crippen molar-refractivity contribution < 1.29 is 4.74 Å². The molecular weight excluding hydrogens is 304 g/mol. The molecule has 0 aliphatic rings. The van der Waals surface area contributed by atoms with Gasteiger partial charge in [-0.3, -0.25) is 0 Å². The normalized spacial score (nSPS) is 12.4. The molecule has 1 N–H and O–H groups in total. The van der Waals surface area contributed by atoms with E-state index in [1.54, 1.807) is 7.11 Å². The Morgan fingerprint density at radius 3 is 2.79 bits per heavy atom. The second-order valence-electron chi connectivity index (χ2n) is 4.60. The number of hydrogen-bond acceptors (Lipinski definition) is 2. The van der Waals surface area contributed by atoms with Gasteiger partial charge in [0.15, 0.2) is 0 Å². The summed E-state index contributed by atoms with van der Waals surface area (Å²) in [6.07, 6.45) is 4.29. The first-order valence-electron chi connectivity index (χ1n) is 6.29. The number of hydrogen-bond donors (Lipinski definition) is 1. The Morgan fingerprint density at radius 1 is 1.37 bits per heavy atom. The monoisotopic (exact) mass is 322 g/mol. The minimum Gasteiger partial charge on any atom is -0.496 e. The molecule has 2 aromatic rings. The average molecular weight is 323 g/mol. The highest BCUT2D eigenvalue weighted by Crippen LogP contribution is 2.26. The summed E-state index contributed by atoms with van der Waals surface area (Å²) in [7, 11) is 3.65. The van der Waals surface area contributed by atoms with Crippen LogP contribution in [0.4, 0.5) is 0 Å². The maximum atomic E-state index is 5.24. The lowest BCUT2D eigenvalue weighted by Gasteiger charge is -2.08. The van der Waals surface area contributed by atoms with E-state index in [0.717, 1.165) is 16.8 Å². The molecule has 1 unspecified atom stereocenters. The van der Waals surface area contributed by atoms with Crippen molar-refractivity contribution in [3.63, 3.8) is 0 Å². The number of rotatable bonds is 5. The van der Waals surface area contributed by atoms with Crippen molar-refractivity contribution in [3.8, 4) is 5.75 Å². The molecule has 0 radical (unpaired) electrons. The molecule has 0 amide bonds. The van der Waals surface area contributed by atoms with Gasteiger partial charge < -0.3 is 14.6 Å². The van der Waals surface area contributed by atoms with Gasteiger partial charge >= 0.3 is 0 Å². The molecule has 0 aliphatic heterocycles. The van der Waals surface area contributed by atoms with Crippen LogP contribution in [-0.4, -0.2) is 18.7 Å². The molecule has 0 spiro atoms. The first kappa shape index (κ1) is 14.2. The van der Waals surface area contributed by atoms with Gasteiger partial charge in [-0.1, -0.05) is 6.07 Å². The molecular formula is C15H19BrN2O. The zero-order chi connectivity index (χ0) is 13.8. The van der Waals surface area contributed by atoms with Gasteiger partial charge in [0.2, 0.25) is 0 Å². The molecule has 0 bridgehead atoms. The Bertz CT molecular complexity index is 551. The summed E-state index contributed by atoms with van der Waals surface area (Å²) in [5, 5.41) is 3.25. The van der Waals surface area contributed by atoms with E-state index >= 15 is 0 Å². The number of benzene rings is 1. The predicted molar refractivity (Wildman–Crippen MR) is 81.7 cm³/mol. The number of nitrogens with one attached hydrogen (secondary N) is 1. The zero-order valence-corrected chi connectivity index (χ0v) is 13.1. The van der Waals surface area contributed by atoms with Crippen molar-refractivity contribution in [3.05, 3.63) is 52.3 Å². The van der Waals surface area contributed by atoms with Crippen LogP contribution >= 0.6 is 15.9 Å². The van der Waals surface area contributed by atoms with Crippen LogP contribution in [-0.2, 0) is 6.54 Å². The van der Waals surface area contributed by atoms with E-state index in [1.165, 1.54) is 11.1 Å². The van der Waals surface area contributed by atoms with Crippen LogP contribution in [0.2, 0.25) is 0 Å².